The summed E-state index contributed by atoms with van der Waals surface area (Å²) in [6.45, 7) is 1.88. The molecule has 0 radical (unpaired) electrons. The van der Waals surface area contributed by atoms with Gasteiger partial charge in [0.15, 0.2) is 0 Å². The molecule has 2 atom stereocenters. The average Bonchev–Trinajstić information content (AvgIpc) is 3.10. The molecule has 0 unspecified atom stereocenters. The Hall–Kier alpha value is -1.58. The molecule has 2 aromatic rings. The first-order chi connectivity index (χ1) is 8.65. The lowest BCUT2D eigenvalue weighted by Crippen LogP contribution is -2.01. The second-order valence-electron chi connectivity index (χ2n) is 4.98. The Labute approximate surface area is 118 Å². The van der Waals surface area contributed by atoms with E-state index in [4.69, 9.17) is 5.73 Å². The van der Waals surface area contributed by atoms with Crippen molar-refractivity contribution >= 4 is 12.4 Å². The van der Waals surface area contributed by atoms with Crippen molar-refractivity contribution in [2.24, 2.45) is 5.73 Å². The molecule has 0 amide bonds. The summed E-state index contributed by atoms with van der Waals surface area (Å²) in [5.41, 5.74) is 9.72. The van der Waals surface area contributed by atoms with Crippen LogP contribution in [-0.4, -0.2) is 16.1 Å². The molecule has 0 spiro atoms. The van der Waals surface area contributed by atoms with Crippen LogP contribution in [0.25, 0.3) is 11.3 Å². The largest absolute Gasteiger partial charge is 0.508 e. The number of benzene rings is 1. The zero-order chi connectivity index (χ0) is 12.7. The number of phenols is 1. The number of nitrogens with two attached hydrogens (primary N) is 1. The average molecular weight is 277 g/mol. The van der Waals surface area contributed by atoms with Gasteiger partial charge < -0.3 is 10.8 Å². The molecule has 0 bridgehead atoms. The summed E-state index contributed by atoms with van der Waals surface area (Å²) >= 11 is 0. The van der Waals surface area contributed by atoms with E-state index in [0.29, 0.717) is 17.7 Å². The van der Waals surface area contributed by atoms with Crippen LogP contribution in [0.3, 0.4) is 0 Å². The summed E-state index contributed by atoms with van der Waals surface area (Å²) in [5, 5.41) is 9.70. The number of hydrogen-bond acceptors (Lipinski definition) is 3. The third-order valence-corrected chi connectivity index (χ3v) is 3.56. The van der Waals surface area contributed by atoms with Crippen molar-refractivity contribution < 1.29 is 5.11 Å². The summed E-state index contributed by atoms with van der Waals surface area (Å²) < 4.78 is 0. The number of aryl methyl sites for hydroxylation is 1. The second-order valence-corrected chi connectivity index (χ2v) is 4.98. The molecule has 0 aliphatic heterocycles. The molecule has 1 aliphatic carbocycles. The molecule has 3 nitrogen and oxygen atoms in total. The van der Waals surface area contributed by atoms with Crippen LogP contribution in [0.15, 0.2) is 36.5 Å². The monoisotopic (exact) mass is 276 g/mol. The van der Waals surface area contributed by atoms with Gasteiger partial charge in [-0.2, -0.15) is 0 Å². The molecular weight excluding hydrogens is 260 g/mol. The van der Waals surface area contributed by atoms with Crippen molar-refractivity contribution in [1.29, 1.82) is 0 Å². The van der Waals surface area contributed by atoms with Crippen LogP contribution in [0.1, 0.15) is 23.5 Å². The van der Waals surface area contributed by atoms with Gasteiger partial charge in [-0.05, 0) is 36.6 Å². The van der Waals surface area contributed by atoms with E-state index in [0.717, 1.165) is 23.2 Å². The Morgan fingerprint density at radius 3 is 2.53 bits per heavy atom. The standard InChI is InChI=1S/C15H16N2O.ClH/c1-9-2-3-10(6-15(9)18)14-5-4-11(8-17-14)12-7-13(12)16;/h2-6,8,12-13,18H,7,16H2,1H3;1H/t12-,13+;/m0./s1. The SMILES string of the molecule is Cc1ccc(-c2ccc([C@@H]3C[C@H]3N)cn2)cc1O.Cl. The van der Waals surface area contributed by atoms with E-state index in [1.807, 2.05) is 31.3 Å². The number of phenolic OH excluding ortho intramolecular Hbond substituents is 1. The summed E-state index contributed by atoms with van der Waals surface area (Å²) in [4.78, 5) is 4.45. The van der Waals surface area contributed by atoms with Gasteiger partial charge in [-0.1, -0.05) is 18.2 Å². The van der Waals surface area contributed by atoms with Gasteiger partial charge in [-0.15, -0.1) is 12.4 Å². The van der Waals surface area contributed by atoms with Crippen LogP contribution in [0, 0.1) is 6.92 Å². The fourth-order valence-electron chi connectivity index (χ4n) is 2.16. The lowest BCUT2D eigenvalue weighted by atomic mass is 10.1. The summed E-state index contributed by atoms with van der Waals surface area (Å²) in [6.07, 6.45) is 2.95. The molecule has 3 rings (SSSR count). The van der Waals surface area contributed by atoms with Gasteiger partial charge in [0.25, 0.3) is 0 Å². The predicted octanol–water partition coefficient (Wildman–Crippen LogP) is 3.00. The van der Waals surface area contributed by atoms with Crippen LogP contribution in [0.4, 0.5) is 0 Å². The zero-order valence-electron chi connectivity index (χ0n) is 10.7. The smallest absolute Gasteiger partial charge is 0.119 e. The predicted molar refractivity (Wildman–Crippen MR) is 78.7 cm³/mol. The molecule has 0 saturated heterocycles. The quantitative estimate of drug-likeness (QED) is 0.886. The van der Waals surface area contributed by atoms with E-state index in [1.165, 1.54) is 5.56 Å². The van der Waals surface area contributed by atoms with Crippen molar-refractivity contribution in [2.45, 2.75) is 25.3 Å². The first-order valence-electron chi connectivity index (χ1n) is 6.16. The van der Waals surface area contributed by atoms with Gasteiger partial charge in [0, 0.05) is 23.7 Å². The highest BCUT2D eigenvalue weighted by Crippen LogP contribution is 2.39. The van der Waals surface area contributed by atoms with Crippen molar-refractivity contribution in [1.82, 2.24) is 4.98 Å². The van der Waals surface area contributed by atoms with E-state index < -0.39 is 0 Å². The van der Waals surface area contributed by atoms with E-state index in [1.54, 1.807) is 6.07 Å². The Bertz CT molecular complexity index is 583. The van der Waals surface area contributed by atoms with Crippen LogP contribution >= 0.6 is 12.4 Å². The zero-order valence-corrected chi connectivity index (χ0v) is 11.5. The van der Waals surface area contributed by atoms with Crippen molar-refractivity contribution in [3.05, 3.63) is 47.7 Å². The molecule has 3 N–H and O–H groups in total. The van der Waals surface area contributed by atoms with Crippen molar-refractivity contribution in [2.75, 3.05) is 0 Å². The Morgan fingerprint density at radius 2 is 2.00 bits per heavy atom. The molecule has 1 aliphatic rings. The fourth-order valence-corrected chi connectivity index (χ4v) is 2.16. The van der Waals surface area contributed by atoms with Crippen LogP contribution < -0.4 is 5.73 Å². The van der Waals surface area contributed by atoms with E-state index in [9.17, 15) is 5.11 Å². The highest BCUT2D eigenvalue weighted by molar-refractivity contribution is 5.85. The number of hydrogen-bond donors (Lipinski definition) is 2. The third-order valence-electron chi connectivity index (χ3n) is 3.56. The van der Waals surface area contributed by atoms with Gasteiger partial charge in [0.1, 0.15) is 5.75 Å². The van der Waals surface area contributed by atoms with Crippen LogP contribution in [-0.2, 0) is 0 Å². The van der Waals surface area contributed by atoms with Gasteiger partial charge >= 0.3 is 0 Å². The highest BCUT2D eigenvalue weighted by atomic mass is 35.5. The van der Waals surface area contributed by atoms with Crippen LogP contribution in [0.5, 0.6) is 5.75 Å². The molecule has 19 heavy (non-hydrogen) atoms. The van der Waals surface area contributed by atoms with Crippen LogP contribution in [0.2, 0.25) is 0 Å². The van der Waals surface area contributed by atoms with E-state index in [2.05, 4.69) is 11.1 Å². The van der Waals surface area contributed by atoms with E-state index >= 15 is 0 Å². The van der Waals surface area contributed by atoms with Crippen molar-refractivity contribution in [3.63, 3.8) is 0 Å². The summed E-state index contributed by atoms with van der Waals surface area (Å²) in [7, 11) is 0. The number of aromatic nitrogens is 1. The summed E-state index contributed by atoms with van der Waals surface area (Å²) in [6, 6.07) is 10.00. The fraction of sp³-hybridized carbons (Fsp3) is 0.267. The van der Waals surface area contributed by atoms with Gasteiger partial charge in [0.2, 0.25) is 0 Å². The molecule has 1 heterocycles. The normalized spacial score (nSPS) is 20.7. The maximum atomic E-state index is 9.70. The topological polar surface area (TPSA) is 59.1 Å². The molecule has 1 saturated carbocycles. The van der Waals surface area contributed by atoms with Gasteiger partial charge in [-0.3, -0.25) is 4.98 Å². The number of pyridine rings is 1. The molecule has 1 aromatic carbocycles. The minimum Gasteiger partial charge on any atom is -0.508 e. The Kier molecular flexibility index (Phi) is 3.78. The lowest BCUT2D eigenvalue weighted by Gasteiger charge is -2.05. The second kappa shape index (κ2) is 5.19. The first kappa shape index (κ1) is 13.8. The molecule has 1 fully saturated rings. The number of halogens is 1. The Balaban J connectivity index is 0.00000133. The first-order valence-corrected chi connectivity index (χ1v) is 6.16. The minimum atomic E-state index is 0. The Morgan fingerprint density at radius 1 is 1.26 bits per heavy atom. The molecular formula is C15H17ClN2O. The maximum absolute atomic E-state index is 9.70. The minimum absolute atomic E-state index is 0. The maximum Gasteiger partial charge on any atom is 0.119 e. The molecule has 1 aromatic heterocycles. The highest BCUT2D eigenvalue weighted by Gasteiger charge is 2.34. The summed E-state index contributed by atoms with van der Waals surface area (Å²) in [5.74, 6) is 0.792. The van der Waals surface area contributed by atoms with Gasteiger partial charge in [-0.25, -0.2) is 0 Å². The van der Waals surface area contributed by atoms with E-state index in [-0.39, 0.29) is 12.4 Å². The number of rotatable bonds is 2. The van der Waals surface area contributed by atoms with Crippen molar-refractivity contribution in [3.8, 4) is 17.0 Å². The van der Waals surface area contributed by atoms with Gasteiger partial charge in [0.05, 0.1) is 5.69 Å². The number of aromatic hydroxyl groups is 1. The number of nitrogens with zero attached hydrogens (tertiary/aromatic N) is 1. The third kappa shape index (κ3) is 2.72. The molecule has 4 heteroatoms. The molecule has 100 valence electrons. The lowest BCUT2D eigenvalue weighted by molar-refractivity contribution is 0.471.